The van der Waals surface area contributed by atoms with Gasteiger partial charge in [0.05, 0.1) is 5.56 Å². The number of hydrogen-bond donors (Lipinski definition) is 1. The van der Waals surface area contributed by atoms with Gasteiger partial charge in [-0.25, -0.2) is 4.79 Å². The predicted molar refractivity (Wildman–Crippen MR) is 64.1 cm³/mol. The molecule has 0 aliphatic carbocycles. The number of carboxylic acid groups (broad SMARTS) is 1. The van der Waals surface area contributed by atoms with E-state index in [1.165, 1.54) is 0 Å². The quantitative estimate of drug-likeness (QED) is 0.831. The van der Waals surface area contributed by atoms with Gasteiger partial charge in [0.1, 0.15) is 0 Å². The second kappa shape index (κ2) is 3.51. The zero-order chi connectivity index (χ0) is 11.9. The molecule has 1 saturated heterocycles. The Morgan fingerprint density at radius 1 is 1.38 bits per heavy atom. The first-order valence-corrected chi connectivity index (χ1v) is 5.48. The average Bonchev–Trinajstić information content (AvgIpc) is 2.14. The average molecular weight is 219 g/mol. The molecule has 1 aromatic rings. The van der Waals surface area contributed by atoms with E-state index >= 15 is 0 Å². The summed E-state index contributed by atoms with van der Waals surface area (Å²) in [6, 6.07) is 5.31. The summed E-state index contributed by atoms with van der Waals surface area (Å²) in [5.74, 6) is -0.860. The van der Waals surface area contributed by atoms with Crippen molar-refractivity contribution >= 4 is 11.7 Å². The van der Waals surface area contributed by atoms with E-state index in [0.717, 1.165) is 24.3 Å². The number of anilines is 1. The van der Waals surface area contributed by atoms with E-state index in [2.05, 4.69) is 18.7 Å². The van der Waals surface area contributed by atoms with Crippen LogP contribution in [0.15, 0.2) is 18.2 Å². The largest absolute Gasteiger partial charge is 0.478 e. The third-order valence-electron chi connectivity index (χ3n) is 3.03. The Balaban J connectivity index is 2.27. The van der Waals surface area contributed by atoms with Crippen LogP contribution in [-0.4, -0.2) is 24.2 Å². The summed E-state index contributed by atoms with van der Waals surface area (Å²) in [6.45, 7) is 8.46. The normalized spacial score (nSPS) is 18.1. The van der Waals surface area contributed by atoms with E-state index in [0.29, 0.717) is 11.0 Å². The molecule has 1 aliphatic heterocycles. The first-order chi connectivity index (χ1) is 7.39. The van der Waals surface area contributed by atoms with E-state index in [1.54, 1.807) is 12.1 Å². The van der Waals surface area contributed by atoms with E-state index < -0.39 is 5.97 Å². The standard InChI is InChI=1S/C13H17NO2/c1-9-4-5-10(12(15)16)6-11(9)14-7-13(2,3)8-14/h4-6H,7-8H2,1-3H3,(H,15,16). The van der Waals surface area contributed by atoms with E-state index in [9.17, 15) is 4.79 Å². The highest BCUT2D eigenvalue weighted by Crippen LogP contribution is 2.35. The molecule has 3 nitrogen and oxygen atoms in total. The van der Waals surface area contributed by atoms with Crippen molar-refractivity contribution in [2.24, 2.45) is 5.41 Å². The van der Waals surface area contributed by atoms with Crippen LogP contribution in [0.2, 0.25) is 0 Å². The van der Waals surface area contributed by atoms with Crippen LogP contribution in [-0.2, 0) is 0 Å². The van der Waals surface area contributed by atoms with Gasteiger partial charge in [-0.05, 0) is 30.0 Å². The van der Waals surface area contributed by atoms with Crippen molar-refractivity contribution in [3.8, 4) is 0 Å². The molecule has 1 N–H and O–H groups in total. The second-order valence-electron chi connectivity index (χ2n) is 5.33. The topological polar surface area (TPSA) is 40.5 Å². The van der Waals surface area contributed by atoms with Crippen LogP contribution < -0.4 is 4.90 Å². The molecule has 0 radical (unpaired) electrons. The molecule has 1 fully saturated rings. The number of benzene rings is 1. The maximum Gasteiger partial charge on any atom is 0.335 e. The maximum absolute atomic E-state index is 10.9. The molecule has 2 rings (SSSR count). The van der Waals surface area contributed by atoms with Crippen molar-refractivity contribution in [2.45, 2.75) is 20.8 Å². The molecule has 1 aliphatic rings. The lowest BCUT2D eigenvalue weighted by atomic mass is 9.83. The summed E-state index contributed by atoms with van der Waals surface area (Å²) in [7, 11) is 0. The van der Waals surface area contributed by atoms with Crippen molar-refractivity contribution in [3.63, 3.8) is 0 Å². The number of nitrogens with zero attached hydrogens (tertiary/aromatic N) is 1. The summed E-state index contributed by atoms with van der Waals surface area (Å²) in [5, 5.41) is 8.96. The van der Waals surface area contributed by atoms with Gasteiger partial charge in [-0.3, -0.25) is 0 Å². The fraction of sp³-hybridized carbons (Fsp3) is 0.462. The maximum atomic E-state index is 10.9. The Labute approximate surface area is 95.7 Å². The number of aryl methyl sites for hydroxylation is 1. The lowest BCUT2D eigenvalue weighted by molar-refractivity contribution is 0.0697. The van der Waals surface area contributed by atoms with Gasteiger partial charge < -0.3 is 10.0 Å². The molecule has 0 spiro atoms. The SMILES string of the molecule is Cc1ccc(C(=O)O)cc1N1CC(C)(C)C1. The van der Waals surface area contributed by atoms with E-state index in [4.69, 9.17) is 5.11 Å². The predicted octanol–water partition coefficient (Wildman–Crippen LogP) is 2.54. The number of rotatable bonds is 2. The molecule has 0 aromatic heterocycles. The van der Waals surface area contributed by atoms with Gasteiger partial charge in [-0.1, -0.05) is 19.9 Å². The van der Waals surface area contributed by atoms with Gasteiger partial charge in [0, 0.05) is 18.8 Å². The highest BCUT2D eigenvalue weighted by molar-refractivity contribution is 5.89. The van der Waals surface area contributed by atoms with Crippen LogP contribution in [0.4, 0.5) is 5.69 Å². The lowest BCUT2D eigenvalue weighted by Crippen LogP contribution is -2.53. The minimum Gasteiger partial charge on any atom is -0.478 e. The summed E-state index contributed by atoms with van der Waals surface area (Å²) in [4.78, 5) is 13.1. The van der Waals surface area contributed by atoms with Gasteiger partial charge in [-0.15, -0.1) is 0 Å². The molecule has 0 unspecified atom stereocenters. The molecule has 86 valence electrons. The smallest absolute Gasteiger partial charge is 0.335 e. The van der Waals surface area contributed by atoms with Crippen molar-refractivity contribution < 1.29 is 9.90 Å². The Hall–Kier alpha value is -1.51. The molecule has 3 heteroatoms. The Kier molecular flexibility index (Phi) is 2.41. The van der Waals surface area contributed by atoms with Gasteiger partial charge in [0.2, 0.25) is 0 Å². The summed E-state index contributed by atoms with van der Waals surface area (Å²) < 4.78 is 0. The highest BCUT2D eigenvalue weighted by atomic mass is 16.4. The first-order valence-electron chi connectivity index (χ1n) is 5.48. The fourth-order valence-corrected chi connectivity index (χ4v) is 2.24. The fourth-order valence-electron chi connectivity index (χ4n) is 2.24. The minimum atomic E-state index is -0.860. The van der Waals surface area contributed by atoms with Gasteiger partial charge >= 0.3 is 5.97 Å². The van der Waals surface area contributed by atoms with Crippen molar-refractivity contribution in [1.29, 1.82) is 0 Å². The van der Waals surface area contributed by atoms with Crippen LogP contribution in [0, 0.1) is 12.3 Å². The summed E-state index contributed by atoms with van der Waals surface area (Å²) in [5.41, 5.74) is 2.91. The van der Waals surface area contributed by atoms with Crippen LogP contribution in [0.1, 0.15) is 29.8 Å². The minimum absolute atomic E-state index is 0.353. The summed E-state index contributed by atoms with van der Waals surface area (Å²) >= 11 is 0. The molecule has 1 heterocycles. The molecule has 0 bridgehead atoms. The van der Waals surface area contributed by atoms with Gasteiger partial charge in [0.15, 0.2) is 0 Å². The number of carboxylic acids is 1. The number of aromatic carboxylic acids is 1. The molecule has 16 heavy (non-hydrogen) atoms. The zero-order valence-corrected chi connectivity index (χ0v) is 9.95. The van der Waals surface area contributed by atoms with Crippen molar-refractivity contribution in [1.82, 2.24) is 0 Å². The van der Waals surface area contributed by atoms with Crippen LogP contribution >= 0.6 is 0 Å². The Morgan fingerprint density at radius 3 is 2.50 bits per heavy atom. The number of carbonyl (C=O) groups is 1. The molecular weight excluding hydrogens is 202 g/mol. The van der Waals surface area contributed by atoms with Crippen molar-refractivity contribution in [3.05, 3.63) is 29.3 Å². The Morgan fingerprint density at radius 2 is 2.00 bits per heavy atom. The third-order valence-corrected chi connectivity index (χ3v) is 3.03. The number of hydrogen-bond acceptors (Lipinski definition) is 2. The molecule has 0 saturated carbocycles. The molecule has 0 atom stereocenters. The molecular formula is C13H17NO2. The second-order valence-corrected chi connectivity index (χ2v) is 5.33. The molecule has 1 aromatic carbocycles. The van der Waals surface area contributed by atoms with Crippen LogP contribution in [0.5, 0.6) is 0 Å². The van der Waals surface area contributed by atoms with Gasteiger partial charge in [0.25, 0.3) is 0 Å². The van der Waals surface area contributed by atoms with E-state index in [1.807, 2.05) is 13.0 Å². The summed E-state index contributed by atoms with van der Waals surface area (Å²) in [6.07, 6.45) is 0. The highest BCUT2D eigenvalue weighted by Gasteiger charge is 2.34. The van der Waals surface area contributed by atoms with Crippen molar-refractivity contribution in [2.75, 3.05) is 18.0 Å². The first kappa shape index (κ1) is 11.0. The molecule has 0 amide bonds. The Bertz CT molecular complexity index is 430. The van der Waals surface area contributed by atoms with Crippen LogP contribution in [0.25, 0.3) is 0 Å². The zero-order valence-electron chi connectivity index (χ0n) is 9.95. The van der Waals surface area contributed by atoms with E-state index in [-0.39, 0.29) is 0 Å². The third kappa shape index (κ3) is 1.90. The van der Waals surface area contributed by atoms with Gasteiger partial charge in [-0.2, -0.15) is 0 Å². The van der Waals surface area contributed by atoms with Crippen LogP contribution in [0.3, 0.4) is 0 Å². The monoisotopic (exact) mass is 219 g/mol. The lowest BCUT2D eigenvalue weighted by Gasteiger charge is -2.48.